The molecule has 0 atom stereocenters. The molecule has 0 aliphatic carbocycles. The first kappa shape index (κ1) is 25.0. The fourth-order valence-electron chi connectivity index (χ4n) is 4.12. The van der Waals surface area contributed by atoms with Crippen molar-refractivity contribution >= 4 is 5.65 Å². The van der Waals surface area contributed by atoms with Crippen LogP contribution >= 0.6 is 0 Å². The van der Waals surface area contributed by atoms with E-state index < -0.39 is 0 Å². The molecule has 3 heterocycles. The van der Waals surface area contributed by atoms with Crippen molar-refractivity contribution in [3.63, 3.8) is 0 Å². The molecule has 4 aromatic rings. The Hall–Kier alpha value is -4.09. The van der Waals surface area contributed by atoms with Gasteiger partial charge in [-0.15, -0.1) is 0 Å². The lowest BCUT2D eigenvalue weighted by molar-refractivity contribution is 0.257. The second-order valence-electron chi connectivity index (χ2n) is 8.64. The Kier molecular flexibility index (Phi) is 8.03. The first-order valence-electron chi connectivity index (χ1n) is 11.9. The summed E-state index contributed by atoms with van der Waals surface area (Å²) in [5, 5.41) is 9.70. The van der Waals surface area contributed by atoms with Crippen molar-refractivity contribution in [2.45, 2.75) is 19.8 Å². The average molecular weight is 486 g/mol. The molecule has 1 aromatic carbocycles. The monoisotopic (exact) mass is 485 g/mol. The fraction of sp³-hybridized carbons (Fsp3) is 0.321. The zero-order valence-electron chi connectivity index (χ0n) is 21.2. The molecule has 0 aliphatic heterocycles. The van der Waals surface area contributed by atoms with Gasteiger partial charge in [0.1, 0.15) is 17.3 Å². The van der Waals surface area contributed by atoms with E-state index >= 15 is 0 Å². The van der Waals surface area contributed by atoms with E-state index in [4.69, 9.17) is 14.2 Å². The Morgan fingerprint density at radius 3 is 2.67 bits per heavy atom. The van der Waals surface area contributed by atoms with Crippen molar-refractivity contribution in [1.82, 2.24) is 19.3 Å². The number of hydrogen-bond acceptors (Lipinski definition) is 7. The van der Waals surface area contributed by atoms with Gasteiger partial charge in [0, 0.05) is 48.5 Å². The van der Waals surface area contributed by atoms with Crippen LogP contribution in [0, 0.1) is 18.3 Å². The highest BCUT2D eigenvalue weighted by Crippen LogP contribution is 2.29. The van der Waals surface area contributed by atoms with Gasteiger partial charge >= 0.3 is 0 Å². The van der Waals surface area contributed by atoms with E-state index in [9.17, 15) is 5.26 Å². The standard InChI is InChI=1S/C28H31N5O3/c1-20-24(22-7-9-27-30-11-14-33(27)19-22)17-23(18-29)28(31-20)36-15-5-12-32(2)13-10-21-6-8-25(34-3)26(16-21)35-4/h6-9,11,14,16-17,19H,5,10,12-13,15H2,1-4H3. The van der Waals surface area contributed by atoms with Crippen molar-refractivity contribution in [3.8, 4) is 34.6 Å². The maximum atomic E-state index is 9.70. The second kappa shape index (κ2) is 11.6. The van der Waals surface area contributed by atoms with Crippen LogP contribution in [0.3, 0.4) is 0 Å². The smallest absolute Gasteiger partial charge is 0.231 e. The Morgan fingerprint density at radius 1 is 1.06 bits per heavy atom. The van der Waals surface area contributed by atoms with E-state index in [2.05, 4.69) is 34.1 Å². The maximum absolute atomic E-state index is 9.70. The summed E-state index contributed by atoms with van der Waals surface area (Å²) < 4.78 is 18.6. The van der Waals surface area contributed by atoms with E-state index in [1.807, 2.05) is 54.0 Å². The summed E-state index contributed by atoms with van der Waals surface area (Å²) in [6.07, 6.45) is 7.38. The van der Waals surface area contributed by atoms with E-state index in [-0.39, 0.29) is 0 Å². The minimum absolute atomic E-state index is 0.385. The Labute approximate surface area is 211 Å². The number of nitrogens with zero attached hydrogens (tertiary/aromatic N) is 5. The molecule has 0 unspecified atom stereocenters. The van der Waals surface area contributed by atoms with E-state index in [0.717, 1.165) is 59.9 Å². The molecule has 0 saturated carbocycles. The Bertz CT molecular complexity index is 1380. The van der Waals surface area contributed by atoms with Crippen LogP contribution in [-0.4, -0.2) is 60.2 Å². The van der Waals surface area contributed by atoms with E-state index in [1.165, 1.54) is 5.56 Å². The number of nitriles is 1. The van der Waals surface area contributed by atoms with Gasteiger partial charge in [0.25, 0.3) is 0 Å². The number of methoxy groups -OCH3 is 2. The van der Waals surface area contributed by atoms with Gasteiger partial charge in [0.15, 0.2) is 11.5 Å². The van der Waals surface area contributed by atoms with E-state index in [0.29, 0.717) is 18.1 Å². The molecule has 0 aliphatic rings. The van der Waals surface area contributed by atoms with Gasteiger partial charge in [-0.2, -0.15) is 5.26 Å². The number of hydrogen-bond donors (Lipinski definition) is 0. The highest BCUT2D eigenvalue weighted by Gasteiger charge is 2.13. The predicted octanol–water partition coefficient (Wildman–Crippen LogP) is 4.54. The molecule has 36 heavy (non-hydrogen) atoms. The number of rotatable bonds is 11. The Morgan fingerprint density at radius 2 is 1.89 bits per heavy atom. The summed E-state index contributed by atoms with van der Waals surface area (Å²) in [5.41, 5.74) is 5.20. The van der Waals surface area contributed by atoms with E-state index in [1.54, 1.807) is 20.4 Å². The molecule has 0 fully saturated rings. The normalized spacial score (nSPS) is 11.0. The highest BCUT2D eigenvalue weighted by atomic mass is 16.5. The molecule has 3 aromatic heterocycles. The SMILES string of the molecule is COc1ccc(CCN(C)CCCOc2nc(C)c(-c3ccc4nccn4c3)cc2C#N)cc1OC. The number of aromatic nitrogens is 3. The summed E-state index contributed by atoms with van der Waals surface area (Å²) in [6, 6.07) is 14.0. The van der Waals surface area contributed by atoms with Crippen LogP contribution in [0.15, 0.2) is 55.0 Å². The van der Waals surface area contributed by atoms with Crippen molar-refractivity contribution < 1.29 is 14.2 Å². The third kappa shape index (κ3) is 5.75. The lowest BCUT2D eigenvalue weighted by atomic mass is 10.0. The maximum Gasteiger partial charge on any atom is 0.231 e. The molecule has 4 rings (SSSR count). The zero-order chi connectivity index (χ0) is 25.5. The second-order valence-corrected chi connectivity index (χ2v) is 8.64. The van der Waals surface area contributed by atoms with Crippen LogP contribution < -0.4 is 14.2 Å². The molecule has 8 nitrogen and oxygen atoms in total. The van der Waals surface area contributed by atoms with Gasteiger partial charge in [-0.05, 0) is 62.7 Å². The lowest BCUT2D eigenvalue weighted by Gasteiger charge is -2.17. The quantitative estimate of drug-likeness (QED) is 0.288. The lowest BCUT2D eigenvalue weighted by Crippen LogP contribution is -2.24. The topological polar surface area (TPSA) is 84.9 Å². The molecular weight excluding hydrogens is 454 g/mol. The number of aryl methyl sites for hydroxylation is 1. The predicted molar refractivity (Wildman–Crippen MR) is 139 cm³/mol. The Balaban J connectivity index is 1.30. The number of ether oxygens (including phenoxy) is 3. The van der Waals surface area contributed by atoms with Gasteiger partial charge in [-0.1, -0.05) is 6.07 Å². The first-order chi connectivity index (χ1) is 17.5. The van der Waals surface area contributed by atoms with Crippen LogP contribution in [0.5, 0.6) is 17.4 Å². The largest absolute Gasteiger partial charge is 0.493 e. The number of fused-ring (bicyclic) bond motifs is 1. The van der Waals surface area contributed by atoms with Crippen LogP contribution in [-0.2, 0) is 6.42 Å². The number of benzene rings is 1. The van der Waals surface area contributed by atoms with Gasteiger partial charge < -0.3 is 23.5 Å². The van der Waals surface area contributed by atoms with Gasteiger partial charge in [-0.3, -0.25) is 0 Å². The minimum Gasteiger partial charge on any atom is -0.493 e. The number of likely N-dealkylation sites (N-methyl/N-ethyl adjacent to an activating group) is 1. The minimum atomic E-state index is 0.385. The molecule has 0 spiro atoms. The summed E-state index contributed by atoms with van der Waals surface area (Å²) in [7, 11) is 5.38. The van der Waals surface area contributed by atoms with Gasteiger partial charge in [0.05, 0.1) is 20.8 Å². The van der Waals surface area contributed by atoms with Crippen LogP contribution in [0.4, 0.5) is 0 Å². The molecule has 186 valence electrons. The molecule has 0 amide bonds. The summed E-state index contributed by atoms with van der Waals surface area (Å²) in [5.74, 6) is 1.87. The number of imidazole rings is 1. The molecule has 0 saturated heterocycles. The summed E-state index contributed by atoms with van der Waals surface area (Å²) >= 11 is 0. The van der Waals surface area contributed by atoms with Crippen LogP contribution in [0.1, 0.15) is 23.2 Å². The molecule has 8 heteroatoms. The zero-order valence-corrected chi connectivity index (χ0v) is 21.2. The fourth-order valence-corrected chi connectivity index (χ4v) is 4.12. The van der Waals surface area contributed by atoms with Crippen molar-refractivity contribution in [2.24, 2.45) is 0 Å². The first-order valence-corrected chi connectivity index (χ1v) is 11.9. The van der Waals surface area contributed by atoms with Gasteiger partial charge in [-0.25, -0.2) is 9.97 Å². The van der Waals surface area contributed by atoms with Gasteiger partial charge in [0.2, 0.25) is 5.88 Å². The van der Waals surface area contributed by atoms with Crippen molar-refractivity contribution in [1.29, 1.82) is 5.26 Å². The highest BCUT2D eigenvalue weighted by molar-refractivity contribution is 5.69. The number of pyridine rings is 2. The third-order valence-electron chi connectivity index (χ3n) is 6.15. The average Bonchev–Trinajstić information content (AvgIpc) is 3.37. The third-order valence-corrected chi connectivity index (χ3v) is 6.15. The summed E-state index contributed by atoms with van der Waals surface area (Å²) in [4.78, 5) is 11.1. The molecule has 0 radical (unpaired) electrons. The molecule has 0 N–H and O–H groups in total. The van der Waals surface area contributed by atoms with Crippen molar-refractivity contribution in [2.75, 3.05) is 41.0 Å². The molecule has 0 bridgehead atoms. The van der Waals surface area contributed by atoms with Crippen LogP contribution in [0.2, 0.25) is 0 Å². The summed E-state index contributed by atoms with van der Waals surface area (Å²) in [6.45, 7) is 4.20. The van der Waals surface area contributed by atoms with Crippen LogP contribution in [0.25, 0.3) is 16.8 Å². The molecular formula is C28H31N5O3. The van der Waals surface area contributed by atoms with Crippen molar-refractivity contribution in [3.05, 3.63) is 71.8 Å².